The van der Waals surface area contributed by atoms with E-state index in [1.165, 1.54) is 0 Å². The van der Waals surface area contributed by atoms with Gasteiger partial charge in [-0.1, -0.05) is 6.07 Å². The molecule has 2 N–H and O–H groups in total. The summed E-state index contributed by atoms with van der Waals surface area (Å²) in [6.07, 6.45) is 1.72. The van der Waals surface area contributed by atoms with Crippen LogP contribution in [-0.2, 0) is 16.1 Å². The summed E-state index contributed by atoms with van der Waals surface area (Å²) in [6.45, 7) is 3.25. The number of hydrogen-bond acceptors (Lipinski definition) is 5. The molecule has 0 radical (unpaired) electrons. The number of nitrogens with one attached hydrogen (secondary N) is 1. The van der Waals surface area contributed by atoms with Crippen LogP contribution in [0.25, 0.3) is 11.3 Å². The van der Waals surface area contributed by atoms with Crippen molar-refractivity contribution < 1.29 is 19.4 Å². The first-order valence-electron chi connectivity index (χ1n) is 8.45. The molecule has 1 amide bonds. The molecule has 2 aromatic rings. The fourth-order valence-corrected chi connectivity index (χ4v) is 2.94. The fourth-order valence-electron chi connectivity index (χ4n) is 2.94. The van der Waals surface area contributed by atoms with Crippen LogP contribution >= 0.6 is 0 Å². The fraction of sp³-hybridized carbons (Fsp3) is 0.316. The maximum Gasteiger partial charge on any atom is 0.341 e. The SMILES string of the molecule is C[C@@H]1C(=O)NCCN1Cc1cc(-c2ccccn2)ccc1OCC(=O)O. The van der Waals surface area contributed by atoms with E-state index in [1.54, 1.807) is 12.3 Å². The Hall–Kier alpha value is -2.93. The van der Waals surface area contributed by atoms with Crippen molar-refractivity contribution in [3.63, 3.8) is 0 Å². The van der Waals surface area contributed by atoms with Gasteiger partial charge in [-0.3, -0.25) is 14.7 Å². The molecular weight excluding hydrogens is 334 g/mol. The largest absolute Gasteiger partial charge is 0.482 e. The summed E-state index contributed by atoms with van der Waals surface area (Å²) >= 11 is 0. The van der Waals surface area contributed by atoms with E-state index in [2.05, 4.69) is 10.3 Å². The predicted molar refractivity (Wildman–Crippen MR) is 95.7 cm³/mol. The van der Waals surface area contributed by atoms with E-state index in [4.69, 9.17) is 9.84 Å². The molecule has 1 fully saturated rings. The van der Waals surface area contributed by atoms with Gasteiger partial charge in [0.25, 0.3) is 0 Å². The Kier molecular flexibility index (Phi) is 5.48. The van der Waals surface area contributed by atoms with Gasteiger partial charge in [0.2, 0.25) is 5.91 Å². The van der Waals surface area contributed by atoms with E-state index in [9.17, 15) is 9.59 Å². The molecule has 0 aliphatic carbocycles. The summed E-state index contributed by atoms with van der Waals surface area (Å²) in [4.78, 5) is 29.2. The van der Waals surface area contributed by atoms with Crippen LogP contribution < -0.4 is 10.1 Å². The molecule has 0 spiro atoms. The molecule has 7 heteroatoms. The number of rotatable bonds is 6. The number of amides is 1. The molecule has 26 heavy (non-hydrogen) atoms. The summed E-state index contributed by atoms with van der Waals surface area (Å²) in [5.41, 5.74) is 2.57. The molecular formula is C19H21N3O4. The summed E-state index contributed by atoms with van der Waals surface area (Å²) < 4.78 is 5.45. The monoisotopic (exact) mass is 355 g/mol. The molecule has 0 unspecified atom stereocenters. The number of ether oxygens (including phenoxy) is 1. The van der Waals surface area contributed by atoms with Gasteiger partial charge >= 0.3 is 5.97 Å². The Balaban J connectivity index is 1.90. The smallest absolute Gasteiger partial charge is 0.341 e. The lowest BCUT2D eigenvalue weighted by Crippen LogP contribution is -2.53. The molecule has 1 aliphatic heterocycles. The van der Waals surface area contributed by atoms with Crippen LogP contribution in [0.5, 0.6) is 5.75 Å². The summed E-state index contributed by atoms with van der Waals surface area (Å²) in [7, 11) is 0. The minimum atomic E-state index is -1.03. The zero-order valence-electron chi connectivity index (χ0n) is 14.5. The molecule has 1 atom stereocenters. The van der Waals surface area contributed by atoms with Gasteiger partial charge in [-0.05, 0) is 37.3 Å². The lowest BCUT2D eigenvalue weighted by atomic mass is 10.0. The standard InChI is InChI=1S/C19H21N3O4/c1-13-19(25)21-8-9-22(13)11-15-10-14(16-4-2-3-7-20-16)5-6-17(15)26-12-18(23)24/h2-7,10,13H,8-9,11-12H2,1H3,(H,21,25)(H,23,24)/t13-/m1/s1. The van der Waals surface area contributed by atoms with E-state index in [0.717, 1.165) is 23.4 Å². The van der Waals surface area contributed by atoms with Gasteiger partial charge < -0.3 is 15.2 Å². The number of benzene rings is 1. The third kappa shape index (κ3) is 4.18. The van der Waals surface area contributed by atoms with Crippen molar-refractivity contribution in [3.05, 3.63) is 48.2 Å². The topological polar surface area (TPSA) is 91.8 Å². The lowest BCUT2D eigenvalue weighted by molar-refractivity contribution is -0.139. The average Bonchev–Trinajstić information content (AvgIpc) is 2.65. The first-order valence-corrected chi connectivity index (χ1v) is 8.45. The Morgan fingerprint density at radius 3 is 2.96 bits per heavy atom. The maximum absolute atomic E-state index is 11.9. The molecule has 1 aromatic heterocycles. The number of piperazine rings is 1. The van der Waals surface area contributed by atoms with Crippen molar-refractivity contribution in [2.45, 2.75) is 19.5 Å². The highest BCUT2D eigenvalue weighted by molar-refractivity contribution is 5.82. The minimum absolute atomic E-state index is 0.00913. The maximum atomic E-state index is 11.9. The number of carboxylic acid groups (broad SMARTS) is 1. The lowest BCUT2D eigenvalue weighted by Gasteiger charge is -2.33. The third-order valence-corrected chi connectivity index (χ3v) is 4.37. The molecule has 0 bridgehead atoms. The zero-order valence-corrected chi connectivity index (χ0v) is 14.5. The van der Waals surface area contributed by atoms with Gasteiger partial charge in [-0.25, -0.2) is 4.79 Å². The number of aliphatic carboxylic acids is 1. The van der Waals surface area contributed by atoms with Crippen LogP contribution in [0.15, 0.2) is 42.6 Å². The Morgan fingerprint density at radius 2 is 2.23 bits per heavy atom. The number of hydrogen-bond donors (Lipinski definition) is 2. The van der Waals surface area contributed by atoms with Crippen molar-refractivity contribution in [1.29, 1.82) is 0 Å². The molecule has 3 rings (SSSR count). The van der Waals surface area contributed by atoms with Crippen molar-refractivity contribution in [1.82, 2.24) is 15.2 Å². The molecule has 1 aromatic carbocycles. The Labute approximate surface area is 151 Å². The van der Waals surface area contributed by atoms with Crippen LogP contribution in [0, 0.1) is 0 Å². The van der Waals surface area contributed by atoms with Crippen LogP contribution in [0.1, 0.15) is 12.5 Å². The van der Waals surface area contributed by atoms with E-state index in [0.29, 0.717) is 18.8 Å². The molecule has 0 saturated carbocycles. The summed E-state index contributed by atoms with van der Waals surface area (Å²) in [5.74, 6) is -0.536. The highest BCUT2D eigenvalue weighted by Crippen LogP contribution is 2.27. The Morgan fingerprint density at radius 1 is 1.38 bits per heavy atom. The van der Waals surface area contributed by atoms with Crippen molar-refractivity contribution >= 4 is 11.9 Å². The van der Waals surface area contributed by atoms with Gasteiger partial charge in [0.1, 0.15) is 5.75 Å². The average molecular weight is 355 g/mol. The number of pyridine rings is 1. The van der Waals surface area contributed by atoms with Gasteiger partial charge in [0.15, 0.2) is 6.61 Å². The number of nitrogens with zero attached hydrogens (tertiary/aromatic N) is 2. The molecule has 2 heterocycles. The van der Waals surface area contributed by atoms with Crippen molar-refractivity contribution in [2.24, 2.45) is 0 Å². The normalized spacial score (nSPS) is 17.6. The quantitative estimate of drug-likeness (QED) is 0.817. The molecule has 7 nitrogen and oxygen atoms in total. The molecule has 1 aliphatic rings. The highest BCUT2D eigenvalue weighted by atomic mass is 16.5. The first kappa shape index (κ1) is 17.9. The predicted octanol–water partition coefficient (Wildman–Crippen LogP) is 1.53. The van der Waals surface area contributed by atoms with E-state index < -0.39 is 12.6 Å². The first-order chi connectivity index (χ1) is 12.5. The highest BCUT2D eigenvalue weighted by Gasteiger charge is 2.26. The van der Waals surface area contributed by atoms with E-state index in [1.807, 2.05) is 42.2 Å². The number of aromatic nitrogens is 1. The van der Waals surface area contributed by atoms with Gasteiger partial charge in [0.05, 0.1) is 11.7 Å². The molecule has 1 saturated heterocycles. The zero-order chi connectivity index (χ0) is 18.5. The van der Waals surface area contributed by atoms with Crippen LogP contribution in [0.2, 0.25) is 0 Å². The van der Waals surface area contributed by atoms with Crippen molar-refractivity contribution in [2.75, 3.05) is 19.7 Å². The van der Waals surface area contributed by atoms with E-state index in [-0.39, 0.29) is 11.9 Å². The van der Waals surface area contributed by atoms with Crippen LogP contribution in [0.3, 0.4) is 0 Å². The second kappa shape index (κ2) is 7.97. The summed E-state index contributed by atoms with van der Waals surface area (Å²) in [5, 5.41) is 11.7. The summed E-state index contributed by atoms with van der Waals surface area (Å²) in [6, 6.07) is 11.0. The van der Waals surface area contributed by atoms with Gasteiger partial charge in [-0.15, -0.1) is 0 Å². The third-order valence-electron chi connectivity index (χ3n) is 4.37. The number of carbonyl (C=O) groups excluding carboxylic acids is 1. The van der Waals surface area contributed by atoms with Gasteiger partial charge in [0, 0.05) is 37.0 Å². The van der Waals surface area contributed by atoms with Crippen LogP contribution in [0.4, 0.5) is 0 Å². The van der Waals surface area contributed by atoms with Crippen LogP contribution in [-0.4, -0.2) is 52.6 Å². The van der Waals surface area contributed by atoms with Gasteiger partial charge in [-0.2, -0.15) is 0 Å². The molecule has 136 valence electrons. The second-order valence-electron chi connectivity index (χ2n) is 6.16. The number of carboxylic acids is 1. The minimum Gasteiger partial charge on any atom is -0.482 e. The second-order valence-corrected chi connectivity index (χ2v) is 6.16. The Bertz CT molecular complexity index is 795. The van der Waals surface area contributed by atoms with Crippen molar-refractivity contribution in [3.8, 4) is 17.0 Å². The van der Waals surface area contributed by atoms with E-state index >= 15 is 0 Å². The number of carbonyl (C=O) groups is 2.